The predicted molar refractivity (Wildman–Crippen MR) is 60.5 cm³/mol. The highest BCUT2D eigenvalue weighted by molar-refractivity contribution is 9.10. The minimum Gasteiger partial charge on any atom is -0.398 e. The van der Waals surface area contributed by atoms with Crippen LogP contribution in [0.4, 0.5) is 5.69 Å². The Bertz CT molecular complexity index is 284. The van der Waals surface area contributed by atoms with Gasteiger partial charge >= 0.3 is 0 Å². The lowest BCUT2D eigenvalue weighted by Gasteiger charge is -2.08. The summed E-state index contributed by atoms with van der Waals surface area (Å²) in [4.78, 5) is 0. The molecule has 0 saturated carbocycles. The van der Waals surface area contributed by atoms with Gasteiger partial charge in [0.15, 0.2) is 0 Å². The standard InChI is InChI=1S/C10H15BrN2/c1-7(2)13-6-8-3-4-10(12)9(11)5-8/h3-5,7,13H,6,12H2,1-2H3. The Balaban J connectivity index is 2.63. The van der Waals surface area contributed by atoms with E-state index >= 15 is 0 Å². The molecule has 0 unspecified atom stereocenters. The first-order chi connectivity index (χ1) is 6.09. The Kier molecular flexibility index (Phi) is 3.75. The van der Waals surface area contributed by atoms with E-state index in [4.69, 9.17) is 5.73 Å². The third kappa shape index (κ3) is 3.36. The minimum atomic E-state index is 0.510. The summed E-state index contributed by atoms with van der Waals surface area (Å²) in [6.45, 7) is 5.15. The van der Waals surface area contributed by atoms with Gasteiger partial charge in [0, 0.05) is 22.7 Å². The van der Waals surface area contributed by atoms with Crippen molar-refractivity contribution in [3.8, 4) is 0 Å². The fourth-order valence-electron chi connectivity index (χ4n) is 1.00. The Morgan fingerprint density at radius 2 is 2.15 bits per heavy atom. The molecule has 0 spiro atoms. The molecule has 0 aromatic heterocycles. The van der Waals surface area contributed by atoms with Crippen LogP contribution in [0.1, 0.15) is 19.4 Å². The topological polar surface area (TPSA) is 38.0 Å². The van der Waals surface area contributed by atoms with Crippen LogP contribution in [0.15, 0.2) is 22.7 Å². The number of benzene rings is 1. The fraction of sp³-hybridized carbons (Fsp3) is 0.400. The Hall–Kier alpha value is -0.540. The highest BCUT2D eigenvalue weighted by Gasteiger charge is 1.98. The third-order valence-corrected chi connectivity index (χ3v) is 2.47. The van der Waals surface area contributed by atoms with Crippen molar-refractivity contribution < 1.29 is 0 Å². The maximum absolute atomic E-state index is 5.68. The van der Waals surface area contributed by atoms with E-state index in [1.165, 1.54) is 5.56 Å². The summed E-state index contributed by atoms with van der Waals surface area (Å²) in [5.74, 6) is 0. The van der Waals surface area contributed by atoms with Crippen LogP contribution in [0.3, 0.4) is 0 Å². The second kappa shape index (κ2) is 4.63. The average Bonchev–Trinajstić information content (AvgIpc) is 2.07. The van der Waals surface area contributed by atoms with Gasteiger partial charge in [0.2, 0.25) is 0 Å². The zero-order chi connectivity index (χ0) is 9.84. The van der Waals surface area contributed by atoms with Crippen molar-refractivity contribution in [3.05, 3.63) is 28.2 Å². The number of nitrogens with one attached hydrogen (secondary N) is 1. The molecule has 0 aliphatic carbocycles. The van der Waals surface area contributed by atoms with Gasteiger partial charge in [-0.25, -0.2) is 0 Å². The molecule has 2 nitrogen and oxygen atoms in total. The second-order valence-electron chi connectivity index (χ2n) is 3.39. The molecule has 0 fully saturated rings. The minimum absolute atomic E-state index is 0.510. The van der Waals surface area contributed by atoms with E-state index in [2.05, 4.69) is 35.1 Å². The van der Waals surface area contributed by atoms with Gasteiger partial charge in [0.25, 0.3) is 0 Å². The fourth-order valence-corrected chi connectivity index (χ4v) is 1.43. The van der Waals surface area contributed by atoms with Crippen LogP contribution in [0.25, 0.3) is 0 Å². The van der Waals surface area contributed by atoms with E-state index in [0.717, 1.165) is 16.7 Å². The molecule has 13 heavy (non-hydrogen) atoms. The largest absolute Gasteiger partial charge is 0.398 e. The van der Waals surface area contributed by atoms with Crippen LogP contribution in [0.5, 0.6) is 0 Å². The van der Waals surface area contributed by atoms with Crippen LogP contribution < -0.4 is 11.1 Å². The number of rotatable bonds is 3. The molecule has 3 heteroatoms. The van der Waals surface area contributed by atoms with E-state index in [0.29, 0.717) is 6.04 Å². The van der Waals surface area contributed by atoms with Crippen LogP contribution in [-0.2, 0) is 6.54 Å². The number of hydrogen-bond acceptors (Lipinski definition) is 2. The van der Waals surface area contributed by atoms with Crippen LogP contribution in [0, 0.1) is 0 Å². The Morgan fingerprint density at radius 1 is 1.46 bits per heavy atom. The number of hydrogen-bond donors (Lipinski definition) is 2. The number of halogens is 1. The van der Waals surface area contributed by atoms with Crippen molar-refractivity contribution in [1.29, 1.82) is 0 Å². The summed E-state index contributed by atoms with van der Waals surface area (Å²) < 4.78 is 0.968. The summed E-state index contributed by atoms with van der Waals surface area (Å²) >= 11 is 3.40. The summed E-state index contributed by atoms with van der Waals surface area (Å²) in [6.07, 6.45) is 0. The lowest BCUT2D eigenvalue weighted by atomic mass is 10.2. The predicted octanol–water partition coefficient (Wildman–Crippen LogP) is 2.53. The monoisotopic (exact) mass is 242 g/mol. The van der Waals surface area contributed by atoms with Crippen molar-refractivity contribution in [3.63, 3.8) is 0 Å². The average molecular weight is 243 g/mol. The molecule has 0 bridgehead atoms. The molecule has 0 atom stereocenters. The lowest BCUT2D eigenvalue weighted by Crippen LogP contribution is -2.21. The van der Waals surface area contributed by atoms with Gasteiger partial charge in [-0.1, -0.05) is 19.9 Å². The van der Waals surface area contributed by atoms with Crippen molar-refractivity contribution >= 4 is 21.6 Å². The van der Waals surface area contributed by atoms with E-state index in [1.807, 2.05) is 18.2 Å². The zero-order valence-electron chi connectivity index (χ0n) is 7.97. The first kappa shape index (κ1) is 10.5. The van der Waals surface area contributed by atoms with E-state index < -0.39 is 0 Å². The summed E-state index contributed by atoms with van der Waals surface area (Å²) in [5.41, 5.74) is 7.71. The van der Waals surface area contributed by atoms with Gasteiger partial charge in [0.1, 0.15) is 0 Å². The van der Waals surface area contributed by atoms with Crippen LogP contribution in [0.2, 0.25) is 0 Å². The van der Waals surface area contributed by atoms with Crippen LogP contribution in [-0.4, -0.2) is 6.04 Å². The Labute approximate surface area is 87.6 Å². The van der Waals surface area contributed by atoms with Gasteiger partial charge < -0.3 is 11.1 Å². The second-order valence-corrected chi connectivity index (χ2v) is 4.25. The van der Waals surface area contributed by atoms with Crippen molar-refractivity contribution in [1.82, 2.24) is 5.32 Å². The molecular weight excluding hydrogens is 228 g/mol. The van der Waals surface area contributed by atoms with Crippen molar-refractivity contribution in [2.75, 3.05) is 5.73 Å². The van der Waals surface area contributed by atoms with Gasteiger partial charge in [-0.2, -0.15) is 0 Å². The molecule has 0 heterocycles. The normalized spacial score (nSPS) is 10.8. The quantitative estimate of drug-likeness (QED) is 0.800. The Morgan fingerprint density at radius 3 is 2.69 bits per heavy atom. The maximum atomic E-state index is 5.68. The van der Waals surface area contributed by atoms with Crippen molar-refractivity contribution in [2.24, 2.45) is 0 Å². The van der Waals surface area contributed by atoms with Crippen molar-refractivity contribution in [2.45, 2.75) is 26.4 Å². The molecule has 0 saturated heterocycles. The molecule has 0 amide bonds. The van der Waals surface area contributed by atoms with E-state index in [1.54, 1.807) is 0 Å². The molecule has 0 aliphatic heterocycles. The molecule has 0 radical (unpaired) electrons. The third-order valence-electron chi connectivity index (χ3n) is 1.78. The summed E-state index contributed by atoms with van der Waals surface area (Å²) in [6, 6.07) is 6.51. The lowest BCUT2D eigenvalue weighted by molar-refractivity contribution is 0.589. The molecule has 1 aromatic rings. The van der Waals surface area contributed by atoms with E-state index in [9.17, 15) is 0 Å². The SMILES string of the molecule is CC(C)NCc1ccc(N)c(Br)c1. The molecule has 0 aliphatic rings. The first-order valence-electron chi connectivity index (χ1n) is 4.37. The molecule has 3 N–H and O–H groups in total. The molecule has 1 rings (SSSR count). The number of nitrogens with two attached hydrogens (primary N) is 1. The van der Waals surface area contributed by atoms with Gasteiger partial charge in [-0.3, -0.25) is 0 Å². The highest BCUT2D eigenvalue weighted by Crippen LogP contribution is 2.20. The smallest absolute Gasteiger partial charge is 0.0458 e. The summed E-state index contributed by atoms with van der Waals surface area (Å²) in [7, 11) is 0. The van der Waals surface area contributed by atoms with Crippen LogP contribution >= 0.6 is 15.9 Å². The zero-order valence-corrected chi connectivity index (χ0v) is 9.56. The summed E-state index contributed by atoms with van der Waals surface area (Å²) in [5, 5.41) is 3.35. The number of anilines is 1. The first-order valence-corrected chi connectivity index (χ1v) is 5.16. The highest BCUT2D eigenvalue weighted by atomic mass is 79.9. The van der Waals surface area contributed by atoms with Gasteiger partial charge in [-0.05, 0) is 33.6 Å². The molecule has 1 aromatic carbocycles. The van der Waals surface area contributed by atoms with E-state index in [-0.39, 0.29) is 0 Å². The maximum Gasteiger partial charge on any atom is 0.0458 e. The van der Waals surface area contributed by atoms with Gasteiger partial charge in [0.05, 0.1) is 0 Å². The molecule has 72 valence electrons. The molecular formula is C10H15BrN2. The number of nitrogen functional groups attached to an aromatic ring is 1. The van der Waals surface area contributed by atoms with Gasteiger partial charge in [-0.15, -0.1) is 0 Å².